The number of hydrogen-bond acceptors (Lipinski definition) is 2. The molecule has 0 aliphatic rings. The summed E-state index contributed by atoms with van der Waals surface area (Å²) in [6, 6.07) is 3.06. The molecule has 0 aliphatic carbocycles. The summed E-state index contributed by atoms with van der Waals surface area (Å²) in [4.78, 5) is 3.50. The summed E-state index contributed by atoms with van der Waals surface area (Å²) in [7, 11) is 0. The van der Waals surface area contributed by atoms with Crippen molar-refractivity contribution in [3.05, 3.63) is 28.0 Å². The summed E-state index contributed by atoms with van der Waals surface area (Å²) < 4.78 is 39.4. The zero-order chi connectivity index (χ0) is 12.8. The number of halogens is 4. The molecule has 7 heteroatoms. The fraction of sp³-hybridized carbons (Fsp3) is 0.300. The van der Waals surface area contributed by atoms with Gasteiger partial charge in [0, 0.05) is 4.47 Å². The van der Waals surface area contributed by atoms with Crippen molar-refractivity contribution in [3.63, 3.8) is 0 Å². The second kappa shape index (κ2) is 3.99. The van der Waals surface area contributed by atoms with Gasteiger partial charge >= 0.3 is 6.18 Å². The molecule has 1 N–H and O–H groups in total. The summed E-state index contributed by atoms with van der Waals surface area (Å²) in [6.45, 7) is 0.998. The van der Waals surface area contributed by atoms with Gasteiger partial charge in [0.15, 0.2) is 0 Å². The van der Waals surface area contributed by atoms with Gasteiger partial charge in [-0.3, -0.25) is 4.57 Å². The van der Waals surface area contributed by atoms with E-state index in [2.05, 4.69) is 20.9 Å². The van der Waals surface area contributed by atoms with Crippen LogP contribution < -0.4 is 0 Å². The minimum absolute atomic E-state index is 0.198. The molecule has 3 nitrogen and oxygen atoms in total. The molecule has 1 aromatic carbocycles. The molecule has 0 fully saturated rings. The molecule has 0 radical (unpaired) electrons. The molecule has 0 spiro atoms. The minimum Gasteiger partial charge on any atom is -0.376 e. The summed E-state index contributed by atoms with van der Waals surface area (Å²) in [5, 5.41) is 9.04. The number of aryl methyl sites for hydroxylation is 1. The largest absolute Gasteiger partial charge is 0.449 e. The van der Waals surface area contributed by atoms with E-state index < -0.39 is 18.7 Å². The van der Waals surface area contributed by atoms with E-state index in [-0.39, 0.29) is 11.0 Å². The minimum atomic E-state index is -4.58. The number of hydrogen-bond donors (Lipinski definition) is 1. The third-order valence-electron chi connectivity index (χ3n) is 2.42. The van der Waals surface area contributed by atoms with Gasteiger partial charge in [0.05, 0.1) is 11.0 Å². The van der Waals surface area contributed by atoms with Gasteiger partial charge in [-0.15, -0.1) is 0 Å². The topological polar surface area (TPSA) is 38.0 Å². The number of benzene rings is 1. The first-order valence-electron chi connectivity index (χ1n) is 4.69. The lowest BCUT2D eigenvalue weighted by atomic mass is 10.2. The quantitative estimate of drug-likeness (QED) is 0.879. The zero-order valence-corrected chi connectivity index (χ0v) is 10.3. The summed E-state index contributed by atoms with van der Waals surface area (Å²) in [5.74, 6) is -1.09. The van der Waals surface area contributed by atoms with Gasteiger partial charge in [0.1, 0.15) is 6.73 Å². The second-order valence-electron chi connectivity index (χ2n) is 3.59. The Labute approximate surface area is 103 Å². The number of aromatic nitrogens is 2. The van der Waals surface area contributed by atoms with Crippen LogP contribution in [0.15, 0.2) is 16.6 Å². The molecular formula is C10H8BrF3N2O. The predicted molar refractivity (Wildman–Crippen MR) is 59.4 cm³/mol. The molecule has 0 saturated heterocycles. The van der Waals surface area contributed by atoms with Crippen LogP contribution >= 0.6 is 15.9 Å². The Hall–Kier alpha value is -1.08. The van der Waals surface area contributed by atoms with Crippen LogP contribution in [0.2, 0.25) is 0 Å². The van der Waals surface area contributed by atoms with Crippen molar-refractivity contribution >= 4 is 27.0 Å². The fourth-order valence-electron chi connectivity index (χ4n) is 1.61. The van der Waals surface area contributed by atoms with Crippen molar-refractivity contribution < 1.29 is 18.3 Å². The number of aliphatic hydroxyl groups excluding tert-OH is 1. The second-order valence-corrected chi connectivity index (χ2v) is 4.45. The van der Waals surface area contributed by atoms with Crippen LogP contribution in [0.3, 0.4) is 0 Å². The van der Waals surface area contributed by atoms with Crippen LogP contribution in [0.5, 0.6) is 0 Å². The zero-order valence-electron chi connectivity index (χ0n) is 8.72. The van der Waals surface area contributed by atoms with Gasteiger partial charge in [0.2, 0.25) is 5.82 Å². The van der Waals surface area contributed by atoms with Gasteiger partial charge in [-0.1, -0.05) is 15.9 Å². The van der Waals surface area contributed by atoms with Crippen LogP contribution in [-0.4, -0.2) is 14.7 Å². The van der Waals surface area contributed by atoms with Crippen LogP contribution in [0, 0.1) is 6.92 Å². The molecule has 0 unspecified atom stereocenters. The van der Waals surface area contributed by atoms with Crippen molar-refractivity contribution in [2.45, 2.75) is 19.8 Å². The summed E-state index contributed by atoms with van der Waals surface area (Å²) >= 11 is 3.23. The van der Waals surface area contributed by atoms with Crippen molar-refractivity contribution in [1.29, 1.82) is 0 Å². The highest BCUT2D eigenvalue weighted by Crippen LogP contribution is 2.33. The maximum Gasteiger partial charge on any atom is 0.449 e. The fourth-order valence-corrected chi connectivity index (χ4v) is 1.94. The Bertz CT molecular complexity index is 577. The highest BCUT2D eigenvalue weighted by Gasteiger charge is 2.37. The molecule has 92 valence electrons. The summed E-state index contributed by atoms with van der Waals surface area (Å²) in [5.41, 5.74) is 1.24. The number of imidazole rings is 1. The monoisotopic (exact) mass is 308 g/mol. The number of alkyl halides is 3. The standard InChI is InChI=1S/C10H8BrF3N2O/c1-5-2-8-7(3-6(5)11)15-9(10(12,13)14)16(8)4-17/h2-3,17H,4H2,1H3. The molecule has 1 heterocycles. The van der Waals surface area contributed by atoms with E-state index in [0.29, 0.717) is 4.47 Å². The van der Waals surface area contributed by atoms with E-state index in [0.717, 1.165) is 10.1 Å². The van der Waals surface area contributed by atoms with E-state index >= 15 is 0 Å². The van der Waals surface area contributed by atoms with Crippen molar-refractivity contribution in [2.24, 2.45) is 0 Å². The van der Waals surface area contributed by atoms with Crippen LogP contribution in [0.4, 0.5) is 13.2 Å². The van der Waals surface area contributed by atoms with Crippen LogP contribution in [0.1, 0.15) is 11.4 Å². The Morgan fingerprint density at radius 1 is 1.41 bits per heavy atom. The van der Waals surface area contributed by atoms with Gasteiger partial charge < -0.3 is 5.11 Å². The van der Waals surface area contributed by atoms with Crippen molar-refractivity contribution in [2.75, 3.05) is 0 Å². The Balaban J connectivity index is 2.80. The molecule has 17 heavy (non-hydrogen) atoms. The molecule has 2 aromatic rings. The first kappa shape index (κ1) is 12.4. The molecular weight excluding hydrogens is 301 g/mol. The molecule has 1 aromatic heterocycles. The van der Waals surface area contributed by atoms with Gasteiger partial charge in [-0.25, -0.2) is 4.98 Å². The number of rotatable bonds is 1. The average Bonchev–Trinajstić information content (AvgIpc) is 2.56. The lowest BCUT2D eigenvalue weighted by molar-refractivity contribution is -0.148. The van der Waals surface area contributed by atoms with Gasteiger partial charge in [0.25, 0.3) is 0 Å². The van der Waals surface area contributed by atoms with E-state index in [1.54, 1.807) is 13.0 Å². The van der Waals surface area contributed by atoms with Gasteiger partial charge in [-0.05, 0) is 24.6 Å². The highest BCUT2D eigenvalue weighted by atomic mass is 79.9. The Morgan fingerprint density at radius 3 is 2.59 bits per heavy atom. The first-order valence-corrected chi connectivity index (χ1v) is 5.48. The Kier molecular flexibility index (Phi) is 2.90. The average molecular weight is 309 g/mol. The van der Waals surface area contributed by atoms with E-state index in [4.69, 9.17) is 5.11 Å². The maximum atomic E-state index is 12.7. The first-order chi connectivity index (χ1) is 7.84. The lowest BCUT2D eigenvalue weighted by Gasteiger charge is -2.08. The molecule has 0 bridgehead atoms. The van der Waals surface area contributed by atoms with E-state index in [1.807, 2.05) is 0 Å². The predicted octanol–water partition coefficient (Wildman–Crippen LogP) is 3.08. The van der Waals surface area contributed by atoms with Crippen molar-refractivity contribution in [1.82, 2.24) is 9.55 Å². The molecule has 2 rings (SSSR count). The van der Waals surface area contributed by atoms with Crippen LogP contribution in [0.25, 0.3) is 11.0 Å². The van der Waals surface area contributed by atoms with E-state index in [9.17, 15) is 13.2 Å². The lowest BCUT2D eigenvalue weighted by Crippen LogP contribution is -2.14. The van der Waals surface area contributed by atoms with Crippen molar-refractivity contribution in [3.8, 4) is 0 Å². The third kappa shape index (κ3) is 2.04. The maximum absolute atomic E-state index is 12.7. The third-order valence-corrected chi connectivity index (χ3v) is 3.28. The molecule has 0 aliphatic heterocycles. The molecule has 0 amide bonds. The number of nitrogens with zero attached hydrogens (tertiary/aromatic N) is 2. The normalized spacial score (nSPS) is 12.4. The Morgan fingerprint density at radius 2 is 2.06 bits per heavy atom. The smallest absolute Gasteiger partial charge is 0.376 e. The molecule has 0 atom stereocenters. The summed E-state index contributed by atoms with van der Waals surface area (Å²) in [6.07, 6.45) is -4.58. The van der Waals surface area contributed by atoms with Gasteiger partial charge in [-0.2, -0.15) is 13.2 Å². The van der Waals surface area contributed by atoms with E-state index in [1.165, 1.54) is 6.07 Å². The number of fused-ring (bicyclic) bond motifs is 1. The SMILES string of the molecule is Cc1cc2c(cc1Br)nc(C(F)(F)F)n2CO. The molecule has 0 saturated carbocycles. The van der Waals surface area contributed by atoms with Crippen LogP contribution in [-0.2, 0) is 12.9 Å². The number of aliphatic hydroxyl groups is 1. The highest BCUT2D eigenvalue weighted by molar-refractivity contribution is 9.10.